The van der Waals surface area contributed by atoms with Crippen molar-refractivity contribution in [3.63, 3.8) is 0 Å². The van der Waals surface area contributed by atoms with Crippen LogP contribution in [0.15, 0.2) is 53.7 Å². The summed E-state index contributed by atoms with van der Waals surface area (Å²) in [4.78, 5) is 4.32. The predicted molar refractivity (Wildman–Crippen MR) is 113 cm³/mol. The van der Waals surface area contributed by atoms with Crippen LogP contribution in [0.5, 0.6) is 5.75 Å². The molecule has 2 atom stereocenters. The lowest BCUT2D eigenvalue weighted by Crippen LogP contribution is -2.29. The maximum Gasteiger partial charge on any atom is 0.165 e. The van der Waals surface area contributed by atoms with Crippen LogP contribution < -0.4 is 0 Å². The van der Waals surface area contributed by atoms with Gasteiger partial charge in [-0.1, -0.05) is 17.7 Å². The van der Waals surface area contributed by atoms with Crippen LogP contribution in [0.1, 0.15) is 31.0 Å². The van der Waals surface area contributed by atoms with Gasteiger partial charge >= 0.3 is 0 Å². The van der Waals surface area contributed by atoms with Crippen molar-refractivity contribution in [2.75, 3.05) is 12.4 Å². The Balaban J connectivity index is 1.86. The second-order valence-electron chi connectivity index (χ2n) is 7.36. The van der Waals surface area contributed by atoms with Crippen molar-refractivity contribution >= 4 is 21.5 Å². The monoisotopic (exact) mass is 433 g/mol. The first kappa shape index (κ1) is 22.1. The number of allylic oxidation sites excluding steroid dienone is 1. The smallest absolute Gasteiger partial charge is 0.165 e. The van der Waals surface area contributed by atoms with E-state index in [9.17, 15) is 28.1 Å². The van der Waals surface area contributed by atoms with Crippen molar-refractivity contribution in [1.82, 2.24) is 4.98 Å². The lowest BCUT2D eigenvalue weighted by molar-refractivity contribution is 0.190. The number of pyridine rings is 1. The van der Waals surface area contributed by atoms with Gasteiger partial charge in [0.2, 0.25) is 0 Å². The summed E-state index contributed by atoms with van der Waals surface area (Å²) in [5.74, 6) is -1.35. The summed E-state index contributed by atoms with van der Waals surface area (Å²) in [5, 5.41) is 28.6. The van der Waals surface area contributed by atoms with Gasteiger partial charge in [0, 0.05) is 6.20 Å². The molecule has 0 saturated heterocycles. The minimum Gasteiger partial charge on any atom is -0.505 e. The highest BCUT2D eigenvalue weighted by Gasteiger charge is 2.39. The molecule has 2 aromatic rings. The first-order chi connectivity index (χ1) is 14.2. The number of phenolic OH excluding ortho intramolecular Hbond substituents is 1. The molecule has 0 amide bonds. The van der Waals surface area contributed by atoms with E-state index in [1.54, 1.807) is 37.4 Å². The third-order valence-corrected chi connectivity index (χ3v) is 7.31. The molecule has 6 nitrogen and oxygen atoms in total. The van der Waals surface area contributed by atoms with E-state index in [-0.39, 0.29) is 12.2 Å². The molecule has 8 heteroatoms. The summed E-state index contributed by atoms with van der Waals surface area (Å²) < 4.78 is 38.1. The van der Waals surface area contributed by atoms with Crippen LogP contribution in [0.3, 0.4) is 0 Å². The van der Waals surface area contributed by atoms with E-state index >= 15 is 0 Å². The van der Waals surface area contributed by atoms with Crippen molar-refractivity contribution in [3.8, 4) is 5.75 Å². The van der Waals surface area contributed by atoms with E-state index < -0.39 is 39.4 Å². The maximum absolute atomic E-state index is 13.7. The van der Waals surface area contributed by atoms with Gasteiger partial charge in [0.05, 0.1) is 24.2 Å². The van der Waals surface area contributed by atoms with E-state index in [1.165, 1.54) is 12.1 Å². The minimum absolute atomic E-state index is 0.166. The lowest BCUT2D eigenvalue weighted by atomic mass is 9.94. The van der Waals surface area contributed by atoms with Gasteiger partial charge < -0.3 is 15.3 Å². The summed E-state index contributed by atoms with van der Waals surface area (Å²) in [5.41, 5.74) is 2.80. The number of hydrogen-bond acceptors (Lipinski definition) is 6. The van der Waals surface area contributed by atoms with Gasteiger partial charge in [-0.15, -0.1) is 0 Å². The fourth-order valence-electron chi connectivity index (χ4n) is 3.75. The Morgan fingerprint density at radius 1 is 1.33 bits per heavy atom. The summed E-state index contributed by atoms with van der Waals surface area (Å²) in [7, 11) is -3.51. The number of sulfone groups is 1. The standard InChI is InChI=1S/C22H24FNO5S/c1-14-13-30(28,29)21(12-25)22(14)20(27)8-6-16(18-4-2-3-9-24-18)10-15-5-7-19(26)17(23)11-15/h2-5,7,9-11,20-21,25-27H,6,8,12-13H2,1H3/b16-10-/t20-,21+/m1/s1. The number of phenols is 1. The second kappa shape index (κ2) is 9.07. The van der Waals surface area contributed by atoms with Crippen LogP contribution in [0.2, 0.25) is 0 Å². The van der Waals surface area contributed by atoms with Crippen molar-refractivity contribution < 1.29 is 28.1 Å². The van der Waals surface area contributed by atoms with E-state index in [0.29, 0.717) is 28.8 Å². The SMILES string of the molecule is CC1=C([C@H](O)CC/C(=C/c2ccc(O)c(F)c2)c2ccccn2)[C@H](CO)S(=O)(=O)C1. The second-order valence-corrected chi connectivity index (χ2v) is 9.55. The molecular formula is C22H24FNO5S. The van der Waals surface area contributed by atoms with Crippen molar-refractivity contribution in [1.29, 1.82) is 0 Å². The Labute approximate surface area is 175 Å². The minimum atomic E-state index is -3.51. The molecule has 1 aliphatic rings. The third kappa shape index (κ3) is 4.77. The number of aliphatic hydroxyl groups is 2. The molecule has 0 aliphatic carbocycles. The van der Waals surface area contributed by atoms with Gasteiger partial charge in [-0.2, -0.15) is 0 Å². The number of aliphatic hydroxyl groups excluding tert-OH is 2. The van der Waals surface area contributed by atoms with Crippen LogP contribution in [0.4, 0.5) is 4.39 Å². The quantitative estimate of drug-likeness (QED) is 0.580. The zero-order valence-electron chi connectivity index (χ0n) is 16.5. The van der Waals surface area contributed by atoms with E-state index in [4.69, 9.17) is 0 Å². The highest BCUT2D eigenvalue weighted by atomic mass is 32.2. The summed E-state index contributed by atoms with van der Waals surface area (Å²) in [6.07, 6.45) is 2.85. The largest absolute Gasteiger partial charge is 0.505 e. The molecule has 0 fully saturated rings. The van der Waals surface area contributed by atoms with Crippen molar-refractivity contribution in [3.05, 3.63) is 70.8 Å². The summed E-state index contributed by atoms with van der Waals surface area (Å²) in [6, 6.07) is 9.38. The molecule has 2 heterocycles. The number of benzene rings is 1. The molecule has 3 rings (SSSR count). The number of hydrogen-bond donors (Lipinski definition) is 3. The molecular weight excluding hydrogens is 409 g/mol. The zero-order valence-corrected chi connectivity index (χ0v) is 17.3. The summed E-state index contributed by atoms with van der Waals surface area (Å²) >= 11 is 0. The van der Waals surface area contributed by atoms with Crippen LogP contribution in [0, 0.1) is 5.82 Å². The van der Waals surface area contributed by atoms with Gasteiger partial charge in [-0.05, 0) is 66.8 Å². The zero-order chi connectivity index (χ0) is 21.9. The van der Waals surface area contributed by atoms with Crippen LogP contribution in [0.25, 0.3) is 11.6 Å². The number of halogens is 1. The number of aromatic hydroxyl groups is 1. The van der Waals surface area contributed by atoms with Crippen molar-refractivity contribution in [2.45, 2.75) is 31.1 Å². The molecule has 1 aromatic heterocycles. The Hall–Kier alpha value is -2.55. The topological polar surface area (TPSA) is 108 Å². The van der Waals surface area contributed by atoms with Crippen LogP contribution in [-0.2, 0) is 9.84 Å². The van der Waals surface area contributed by atoms with Gasteiger partial charge in [0.25, 0.3) is 0 Å². The normalized spacial score (nSPS) is 19.9. The Bertz CT molecular complexity index is 1080. The number of nitrogens with zero attached hydrogens (tertiary/aromatic N) is 1. The highest BCUT2D eigenvalue weighted by Crippen LogP contribution is 2.33. The van der Waals surface area contributed by atoms with Gasteiger partial charge in [-0.25, -0.2) is 12.8 Å². The first-order valence-electron chi connectivity index (χ1n) is 9.53. The molecule has 1 aliphatic heterocycles. The van der Waals surface area contributed by atoms with Gasteiger partial charge in [0.1, 0.15) is 5.25 Å². The maximum atomic E-state index is 13.7. The predicted octanol–water partition coefficient (Wildman–Crippen LogP) is 2.71. The summed E-state index contributed by atoms with van der Waals surface area (Å²) in [6.45, 7) is 1.09. The first-order valence-corrected chi connectivity index (χ1v) is 11.2. The molecule has 1 aromatic carbocycles. The number of rotatable bonds is 7. The molecule has 0 radical (unpaired) electrons. The Kier molecular flexibility index (Phi) is 6.70. The molecule has 30 heavy (non-hydrogen) atoms. The highest BCUT2D eigenvalue weighted by molar-refractivity contribution is 7.92. The molecule has 3 N–H and O–H groups in total. The van der Waals surface area contributed by atoms with Crippen LogP contribution >= 0.6 is 0 Å². The average molecular weight is 434 g/mol. The molecule has 0 bridgehead atoms. The van der Waals surface area contributed by atoms with Crippen LogP contribution in [-0.4, -0.2) is 52.4 Å². The average Bonchev–Trinajstić information content (AvgIpc) is 2.95. The number of aromatic nitrogens is 1. The van der Waals surface area contributed by atoms with Gasteiger partial charge in [-0.3, -0.25) is 4.98 Å². The Morgan fingerprint density at radius 3 is 2.73 bits per heavy atom. The molecule has 0 saturated carbocycles. The molecule has 0 spiro atoms. The Morgan fingerprint density at radius 2 is 2.10 bits per heavy atom. The fraction of sp³-hybridized carbons (Fsp3) is 0.318. The van der Waals surface area contributed by atoms with E-state index in [2.05, 4.69) is 4.98 Å². The third-order valence-electron chi connectivity index (χ3n) is 5.21. The molecule has 0 unspecified atom stereocenters. The van der Waals surface area contributed by atoms with Gasteiger partial charge in [0.15, 0.2) is 21.4 Å². The molecule has 160 valence electrons. The van der Waals surface area contributed by atoms with E-state index in [1.807, 2.05) is 6.07 Å². The fourth-order valence-corrected chi connectivity index (χ4v) is 5.70. The van der Waals surface area contributed by atoms with Crippen molar-refractivity contribution in [2.24, 2.45) is 0 Å². The van der Waals surface area contributed by atoms with E-state index in [0.717, 1.165) is 5.57 Å². The lowest BCUT2D eigenvalue weighted by Gasteiger charge is -2.19.